The van der Waals surface area contributed by atoms with Gasteiger partial charge in [-0.1, -0.05) is 0 Å². The summed E-state index contributed by atoms with van der Waals surface area (Å²) in [4.78, 5) is 2.62. The highest BCUT2D eigenvalue weighted by molar-refractivity contribution is 5.24. The Morgan fingerprint density at radius 2 is 2.00 bits per heavy atom. The maximum absolute atomic E-state index is 6.01. The van der Waals surface area contributed by atoms with Crippen molar-refractivity contribution in [1.82, 2.24) is 14.7 Å². The lowest BCUT2D eigenvalue weighted by Crippen LogP contribution is -2.39. The quantitative estimate of drug-likeness (QED) is 0.806. The van der Waals surface area contributed by atoms with Crippen LogP contribution >= 0.6 is 0 Å². The second-order valence-electron chi connectivity index (χ2n) is 7.64. The Kier molecular flexibility index (Phi) is 4.69. The number of aromatic nitrogens is 2. The second kappa shape index (κ2) is 6.91. The van der Waals surface area contributed by atoms with Gasteiger partial charge in [-0.15, -0.1) is 0 Å². The first-order valence-corrected chi connectivity index (χ1v) is 9.18. The summed E-state index contributed by atoms with van der Waals surface area (Å²) < 4.78 is 13.5. The van der Waals surface area contributed by atoms with Gasteiger partial charge in [-0.3, -0.25) is 9.58 Å². The van der Waals surface area contributed by atoms with Crippen LogP contribution in [-0.4, -0.2) is 54.2 Å². The number of aryl methyl sites for hydroxylation is 1. The van der Waals surface area contributed by atoms with E-state index >= 15 is 0 Å². The zero-order valence-corrected chi connectivity index (χ0v) is 14.2. The van der Waals surface area contributed by atoms with E-state index in [1.807, 2.05) is 11.7 Å². The Morgan fingerprint density at radius 1 is 1.17 bits per heavy atom. The van der Waals surface area contributed by atoms with E-state index < -0.39 is 0 Å². The molecule has 0 spiro atoms. The van der Waals surface area contributed by atoms with Crippen LogP contribution in [0.15, 0.2) is 6.20 Å². The molecule has 0 bridgehead atoms. The predicted octanol–water partition coefficient (Wildman–Crippen LogP) is 2.17. The number of hydrogen-bond acceptors (Lipinski definition) is 4. The third kappa shape index (κ3) is 3.95. The lowest BCUT2D eigenvalue weighted by atomic mass is 9.94. The first-order valence-electron chi connectivity index (χ1n) is 9.18. The van der Waals surface area contributed by atoms with Gasteiger partial charge in [-0.05, 0) is 37.5 Å². The molecule has 23 heavy (non-hydrogen) atoms. The van der Waals surface area contributed by atoms with Crippen molar-refractivity contribution in [2.24, 2.45) is 18.9 Å². The van der Waals surface area contributed by atoms with E-state index in [2.05, 4.69) is 11.1 Å². The third-order valence-electron chi connectivity index (χ3n) is 5.42. The van der Waals surface area contributed by atoms with Gasteiger partial charge in [0.2, 0.25) is 0 Å². The number of hydrogen-bond donors (Lipinski definition) is 0. The van der Waals surface area contributed by atoms with Gasteiger partial charge in [0.15, 0.2) is 0 Å². The fourth-order valence-electron chi connectivity index (χ4n) is 3.95. The molecule has 1 aliphatic carbocycles. The SMILES string of the molecule is Cn1cc2c(n1)C(COCC1CC1)CN(CC1CCOCC1)C2. The molecule has 2 aliphatic heterocycles. The number of nitrogens with zero attached hydrogens (tertiary/aromatic N) is 3. The minimum Gasteiger partial charge on any atom is -0.381 e. The molecule has 5 nitrogen and oxygen atoms in total. The summed E-state index contributed by atoms with van der Waals surface area (Å²) in [5.74, 6) is 2.05. The van der Waals surface area contributed by atoms with Crippen molar-refractivity contribution in [3.8, 4) is 0 Å². The molecular weight excluding hydrogens is 290 g/mol. The molecule has 0 radical (unpaired) electrons. The Hall–Kier alpha value is -0.910. The minimum atomic E-state index is 0.429. The average Bonchev–Trinajstić information content (AvgIpc) is 3.28. The maximum Gasteiger partial charge on any atom is 0.0736 e. The summed E-state index contributed by atoms with van der Waals surface area (Å²) in [6, 6.07) is 0. The number of rotatable bonds is 6. The molecule has 5 heteroatoms. The summed E-state index contributed by atoms with van der Waals surface area (Å²) in [5.41, 5.74) is 2.66. The molecule has 1 aromatic rings. The number of fused-ring (bicyclic) bond motifs is 1. The highest BCUT2D eigenvalue weighted by atomic mass is 16.5. The van der Waals surface area contributed by atoms with Gasteiger partial charge in [0.1, 0.15) is 0 Å². The molecule has 1 atom stereocenters. The Morgan fingerprint density at radius 3 is 2.78 bits per heavy atom. The first kappa shape index (κ1) is 15.6. The smallest absolute Gasteiger partial charge is 0.0736 e. The van der Waals surface area contributed by atoms with Crippen molar-refractivity contribution in [3.63, 3.8) is 0 Å². The van der Waals surface area contributed by atoms with Crippen LogP contribution in [0.3, 0.4) is 0 Å². The van der Waals surface area contributed by atoms with Crippen molar-refractivity contribution in [2.45, 2.75) is 38.1 Å². The minimum absolute atomic E-state index is 0.429. The molecule has 1 aromatic heterocycles. The molecule has 0 N–H and O–H groups in total. The monoisotopic (exact) mass is 319 g/mol. The predicted molar refractivity (Wildman–Crippen MR) is 88.3 cm³/mol. The highest BCUT2D eigenvalue weighted by Gasteiger charge is 2.30. The zero-order valence-electron chi connectivity index (χ0n) is 14.2. The van der Waals surface area contributed by atoms with Crippen LogP contribution in [0.1, 0.15) is 42.9 Å². The van der Waals surface area contributed by atoms with Gasteiger partial charge < -0.3 is 9.47 Å². The molecule has 1 saturated heterocycles. The molecule has 1 unspecified atom stereocenters. The van der Waals surface area contributed by atoms with E-state index in [1.165, 1.54) is 43.5 Å². The van der Waals surface area contributed by atoms with Gasteiger partial charge >= 0.3 is 0 Å². The molecule has 0 amide bonds. The Balaban J connectivity index is 1.39. The van der Waals surface area contributed by atoms with Gasteiger partial charge in [-0.2, -0.15) is 5.10 Å². The molecule has 2 fully saturated rings. The van der Waals surface area contributed by atoms with Crippen LogP contribution < -0.4 is 0 Å². The standard InChI is InChI=1S/C18H29N3O2/c1-20-9-16-10-21(8-14-4-6-22-7-5-14)11-17(18(16)19-20)13-23-12-15-2-3-15/h9,14-15,17H,2-8,10-13H2,1H3. The van der Waals surface area contributed by atoms with Crippen LogP contribution in [0.2, 0.25) is 0 Å². The van der Waals surface area contributed by atoms with E-state index in [0.717, 1.165) is 51.4 Å². The van der Waals surface area contributed by atoms with Crippen molar-refractivity contribution in [1.29, 1.82) is 0 Å². The molecule has 0 aromatic carbocycles. The van der Waals surface area contributed by atoms with Crippen LogP contribution in [0.25, 0.3) is 0 Å². The van der Waals surface area contributed by atoms with Crippen molar-refractivity contribution in [2.75, 3.05) is 39.5 Å². The van der Waals surface area contributed by atoms with Gasteiger partial charge in [-0.25, -0.2) is 0 Å². The average molecular weight is 319 g/mol. The number of ether oxygens (including phenoxy) is 2. The molecule has 1 saturated carbocycles. The van der Waals surface area contributed by atoms with Crippen LogP contribution in [-0.2, 0) is 23.1 Å². The van der Waals surface area contributed by atoms with Crippen LogP contribution in [0.4, 0.5) is 0 Å². The fraction of sp³-hybridized carbons (Fsp3) is 0.833. The maximum atomic E-state index is 6.01. The van der Waals surface area contributed by atoms with Crippen LogP contribution in [0.5, 0.6) is 0 Å². The summed E-state index contributed by atoms with van der Waals surface area (Å²) in [7, 11) is 2.03. The lowest BCUT2D eigenvalue weighted by Gasteiger charge is -2.35. The fourth-order valence-corrected chi connectivity index (χ4v) is 3.95. The molecular formula is C18H29N3O2. The van der Waals surface area contributed by atoms with Crippen LogP contribution in [0, 0.1) is 11.8 Å². The van der Waals surface area contributed by atoms with Crippen molar-refractivity contribution >= 4 is 0 Å². The second-order valence-corrected chi connectivity index (χ2v) is 7.64. The summed E-state index contributed by atoms with van der Waals surface area (Å²) in [5, 5.41) is 4.72. The molecule has 4 rings (SSSR count). The Labute approximate surface area is 138 Å². The Bertz CT molecular complexity index is 520. The highest BCUT2D eigenvalue weighted by Crippen LogP contribution is 2.31. The van der Waals surface area contributed by atoms with E-state index in [9.17, 15) is 0 Å². The summed E-state index contributed by atoms with van der Waals surface area (Å²) >= 11 is 0. The molecule has 3 aliphatic rings. The normalized spacial score (nSPS) is 26.4. The van der Waals surface area contributed by atoms with E-state index in [4.69, 9.17) is 14.6 Å². The summed E-state index contributed by atoms with van der Waals surface area (Å²) in [6.07, 6.45) is 7.32. The zero-order chi connectivity index (χ0) is 15.6. The van der Waals surface area contributed by atoms with Crippen molar-refractivity contribution in [3.05, 3.63) is 17.5 Å². The lowest BCUT2D eigenvalue weighted by molar-refractivity contribution is 0.0430. The van der Waals surface area contributed by atoms with Gasteiger partial charge in [0, 0.05) is 64.2 Å². The van der Waals surface area contributed by atoms with E-state index in [0.29, 0.717) is 5.92 Å². The van der Waals surface area contributed by atoms with Gasteiger partial charge in [0.25, 0.3) is 0 Å². The van der Waals surface area contributed by atoms with Gasteiger partial charge in [0.05, 0.1) is 12.3 Å². The molecule has 128 valence electrons. The third-order valence-corrected chi connectivity index (χ3v) is 5.42. The largest absolute Gasteiger partial charge is 0.381 e. The molecule has 3 heterocycles. The first-order chi connectivity index (χ1) is 11.3. The van der Waals surface area contributed by atoms with E-state index in [-0.39, 0.29) is 0 Å². The summed E-state index contributed by atoms with van der Waals surface area (Å²) in [6.45, 7) is 6.96. The topological polar surface area (TPSA) is 39.5 Å². The van der Waals surface area contributed by atoms with E-state index in [1.54, 1.807) is 0 Å². The van der Waals surface area contributed by atoms with Crippen molar-refractivity contribution < 1.29 is 9.47 Å².